The number of hydrogen-bond donors (Lipinski definition) is 2. The molecule has 3 rings (SSSR count). The third kappa shape index (κ3) is 2.20. The third-order valence-corrected chi connectivity index (χ3v) is 3.21. The summed E-state index contributed by atoms with van der Waals surface area (Å²) in [4.78, 5) is 4.40. The lowest BCUT2D eigenvalue weighted by Crippen LogP contribution is -2.42. The van der Waals surface area contributed by atoms with Crippen LogP contribution in [-0.2, 0) is 0 Å². The molecule has 0 amide bonds. The second-order valence-corrected chi connectivity index (χ2v) is 4.44. The molecule has 4 nitrogen and oxygen atoms in total. The molecule has 0 fully saturated rings. The van der Waals surface area contributed by atoms with Gasteiger partial charge in [0.25, 0.3) is 0 Å². The van der Waals surface area contributed by atoms with Crippen LogP contribution in [0.2, 0.25) is 0 Å². The van der Waals surface area contributed by atoms with Crippen LogP contribution < -0.4 is 15.4 Å². The molecule has 0 aromatic heterocycles. The summed E-state index contributed by atoms with van der Waals surface area (Å²) >= 11 is 0. The van der Waals surface area contributed by atoms with Crippen LogP contribution in [0.4, 0.5) is 0 Å². The number of aliphatic imine (C=N–C) groups is 1. The molecular weight excluding hydrogens is 214 g/mol. The van der Waals surface area contributed by atoms with Gasteiger partial charge in [0.15, 0.2) is 5.96 Å². The molecule has 2 heterocycles. The van der Waals surface area contributed by atoms with E-state index >= 15 is 0 Å². The molecular formula is C13H17N3O. The summed E-state index contributed by atoms with van der Waals surface area (Å²) in [5.41, 5.74) is 1.30. The molecule has 1 unspecified atom stereocenters. The van der Waals surface area contributed by atoms with E-state index in [-0.39, 0.29) is 0 Å². The predicted octanol–water partition coefficient (Wildman–Crippen LogP) is 1.10. The number of ether oxygens (including phenoxy) is 1. The average molecular weight is 231 g/mol. The Bertz CT molecular complexity index is 430. The Kier molecular flexibility index (Phi) is 2.86. The van der Waals surface area contributed by atoms with Gasteiger partial charge in [-0.05, 0) is 12.5 Å². The van der Waals surface area contributed by atoms with Crippen LogP contribution in [0, 0.1) is 0 Å². The second kappa shape index (κ2) is 4.65. The van der Waals surface area contributed by atoms with E-state index in [0.717, 1.165) is 44.4 Å². The first-order chi connectivity index (χ1) is 8.43. The van der Waals surface area contributed by atoms with Crippen molar-refractivity contribution in [1.82, 2.24) is 10.6 Å². The van der Waals surface area contributed by atoms with Crippen LogP contribution >= 0.6 is 0 Å². The molecule has 17 heavy (non-hydrogen) atoms. The molecule has 0 aliphatic carbocycles. The first kappa shape index (κ1) is 10.4. The fourth-order valence-electron chi connectivity index (χ4n) is 2.27. The maximum absolute atomic E-state index is 5.65. The van der Waals surface area contributed by atoms with E-state index in [2.05, 4.69) is 27.8 Å². The number of para-hydroxylation sites is 1. The maximum Gasteiger partial charge on any atom is 0.191 e. The zero-order chi connectivity index (χ0) is 11.5. The highest BCUT2D eigenvalue weighted by molar-refractivity contribution is 5.80. The summed E-state index contributed by atoms with van der Waals surface area (Å²) in [5, 5.41) is 6.63. The van der Waals surface area contributed by atoms with E-state index in [1.807, 2.05) is 12.1 Å². The monoisotopic (exact) mass is 231 g/mol. The van der Waals surface area contributed by atoms with Gasteiger partial charge in [-0.25, -0.2) is 0 Å². The zero-order valence-corrected chi connectivity index (χ0v) is 9.78. The Morgan fingerprint density at radius 2 is 2.35 bits per heavy atom. The van der Waals surface area contributed by atoms with Crippen LogP contribution in [0.15, 0.2) is 29.3 Å². The molecule has 0 bridgehead atoms. The van der Waals surface area contributed by atoms with Crippen molar-refractivity contribution >= 4 is 5.96 Å². The molecule has 4 heteroatoms. The van der Waals surface area contributed by atoms with Gasteiger partial charge in [0.05, 0.1) is 6.61 Å². The van der Waals surface area contributed by atoms with Crippen molar-refractivity contribution in [3.8, 4) is 5.75 Å². The molecule has 2 N–H and O–H groups in total. The molecule has 1 aromatic rings. The standard InChI is InChI=1S/C13H17N3O/c1-2-5-12-11(4-1)10(9-17-12)8-16-13-14-6-3-7-15-13/h1-2,4-5,10H,3,6-9H2,(H2,14,15,16). The van der Waals surface area contributed by atoms with Crippen molar-refractivity contribution in [3.63, 3.8) is 0 Å². The minimum Gasteiger partial charge on any atom is -0.493 e. The summed E-state index contributed by atoms with van der Waals surface area (Å²) < 4.78 is 5.65. The van der Waals surface area contributed by atoms with Crippen molar-refractivity contribution in [2.45, 2.75) is 12.3 Å². The number of nitrogens with zero attached hydrogens (tertiary/aromatic N) is 1. The Morgan fingerprint density at radius 1 is 1.41 bits per heavy atom. The van der Waals surface area contributed by atoms with Crippen LogP contribution in [0.1, 0.15) is 17.9 Å². The number of nitrogens with one attached hydrogen (secondary N) is 2. The van der Waals surface area contributed by atoms with Gasteiger partial charge in [-0.15, -0.1) is 0 Å². The molecule has 2 aliphatic heterocycles. The molecule has 0 spiro atoms. The van der Waals surface area contributed by atoms with Gasteiger partial charge in [0.1, 0.15) is 5.75 Å². The first-order valence-electron chi connectivity index (χ1n) is 6.17. The lowest BCUT2D eigenvalue weighted by Gasteiger charge is -2.18. The van der Waals surface area contributed by atoms with Gasteiger partial charge in [-0.3, -0.25) is 4.99 Å². The lowest BCUT2D eigenvalue weighted by molar-refractivity contribution is 0.330. The van der Waals surface area contributed by atoms with Gasteiger partial charge < -0.3 is 15.4 Å². The average Bonchev–Trinajstić information content (AvgIpc) is 2.81. The van der Waals surface area contributed by atoms with Gasteiger partial charge in [0.2, 0.25) is 0 Å². The highest BCUT2D eigenvalue weighted by Gasteiger charge is 2.23. The Balaban J connectivity index is 1.62. The third-order valence-electron chi connectivity index (χ3n) is 3.21. The maximum atomic E-state index is 5.65. The summed E-state index contributed by atoms with van der Waals surface area (Å²) in [6.07, 6.45) is 1.13. The molecule has 0 saturated heterocycles. The van der Waals surface area contributed by atoms with Crippen molar-refractivity contribution in [1.29, 1.82) is 0 Å². The Hall–Kier alpha value is -1.71. The minimum atomic E-state index is 0.428. The quantitative estimate of drug-likeness (QED) is 0.801. The number of hydrogen-bond acceptors (Lipinski definition) is 4. The lowest BCUT2D eigenvalue weighted by atomic mass is 10.0. The largest absolute Gasteiger partial charge is 0.493 e. The van der Waals surface area contributed by atoms with Crippen LogP contribution in [0.25, 0.3) is 0 Å². The molecule has 90 valence electrons. The van der Waals surface area contributed by atoms with E-state index in [0.29, 0.717) is 5.92 Å². The number of guanidine groups is 1. The predicted molar refractivity (Wildman–Crippen MR) is 67.6 cm³/mol. The molecule has 0 radical (unpaired) electrons. The summed E-state index contributed by atoms with van der Waals surface area (Å²) in [6, 6.07) is 8.26. The topological polar surface area (TPSA) is 45.6 Å². The van der Waals surface area contributed by atoms with Crippen LogP contribution in [0.5, 0.6) is 5.75 Å². The van der Waals surface area contributed by atoms with Crippen LogP contribution in [-0.4, -0.2) is 32.2 Å². The normalized spacial score (nSPS) is 22.1. The fourth-order valence-corrected chi connectivity index (χ4v) is 2.27. The molecule has 2 aliphatic rings. The summed E-state index contributed by atoms with van der Waals surface area (Å²) in [6.45, 7) is 3.58. The van der Waals surface area contributed by atoms with Crippen molar-refractivity contribution in [2.75, 3.05) is 26.2 Å². The van der Waals surface area contributed by atoms with E-state index in [1.165, 1.54) is 5.56 Å². The van der Waals surface area contributed by atoms with E-state index < -0.39 is 0 Å². The zero-order valence-electron chi connectivity index (χ0n) is 9.78. The van der Waals surface area contributed by atoms with Crippen LogP contribution in [0.3, 0.4) is 0 Å². The second-order valence-electron chi connectivity index (χ2n) is 4.44. The van der Waals surface area contributed by atoms with Crippen molar-refractivity contribution < 1.29 is 4.74 Å². The molecule has 0 saturated carbocycles. The highest BCUT2D eigenvalue weighted by atomic mass is 16.5. The fraction of sp³-hybridized carbons (Fsp3) is 0.462. The highest BCUT2D eigenvalue weighted by Crippen LogP contribution is 2.32. The minimum absolute atomic E-state index is 0.428. The summed E-state index contributed by atoms with van der Waals surface area (Å²) in [5.74, 6) is 2.39. The summed E-state index contributed by atoms with van der Waals surface area (Å²) in [7, 11) is 0. The van der Waals surface area contributed by atoms with Gasteiger partial charge in [0, 0.05) is 31.1 Å². The van der Waals surface area contributed by atoms with E-state index in [9.17, 15) is 0 Å². The smallest absolute Gasteiger partial charge is 0.191 e. The van der Waals surface area contributed by atoms with E-state index in [4.69, 9.17) is 4.74 Å². The molecule has 1 aromatic carbocycles. The number of benzene rings is 1. The molecule has 1 atom stereocenters. The van der Waals surface area contributed by atoms with Crippen molar-refractivity contribution in [2.24, 2.45) is 4.99 Å². The Labute approximate surface area is 101 Å². The first-order valence-corrected chi connectivity index (χ1v) is 6.17. The van der Waals surface area contributed by atoms with Gasteiger partial charge in [-0.1, -0.05) is 18.2 Å². The van der Waals surface area contributed by atoms with E-state index in [1.54, 1.807) is 0 Å². The van der Waals surface area contributed by atoms with Gasteiger partial charge in [-0.2, -0.15) is 0 Å². The SMILES string of the molecule is c1ccc2c(c1)OCC2CNC1=NCCCN1. The number of fused-ring (bicyclic) bond motifs is 1. The van der Waals surface area contributed by atoms with Crippen molar-refractivity contribution in [3.05, 3.63) is 29.8 Å². The Morgan fingerprint density at radius 3 is 3.24 bits per heavy atom. The van der Waals surface area contributed by atoms with Gasteiger partial charge >= 0.3 is 0 Å². The number of rotatable bonds is 2.